The van der Waals surface area contributed by atoms with Crippen LogP contribution in [-0.2, 0) is 6.54 Å². The minimum Gasteiger partial charge on any atom is -0.455 e. The SMILES string of the molecule is CCCNCc1cc(Cl)ccc1Oc1cc(C)ccc1Cl. The molecule has 0 aliphatic rings. The fraction of sp³-hybridized carbons (Fsp3) is 0.294. The van der Waals surface area contributed by atoms with E-state index in [1.54, 1.807) is 0 Å². The van der Waals surface area contributed by atoms with E-state index >= 15 is 0 Å². The second-order valence-electron chi connectivity index (χ2n) is 4.96. The van der Waals surface area contributed by atoms with Crippen molar-refractivity contribution in [2.45, 2.75) is 26.8 Å². The van der Waals surface area contributed by atoms with Crippen molar-refractivity contribution in [3.8, 4) is 11.5 Å². The Morgan fingerprint density at radius 1 is 1.05 bits per heavy atom. The van der Waals surface area contributed by atoms with Crippen LogP contribution in [0.4, 0.5) is 0 Å². The normalized spacial score (nSPS) is 10.7. The number of benzene rings is 2. The summed E-state index contributed by atoms with van der Waals surface area (Å²) >= 11 is 12.3. The molecule has 0 amide bonds. The van der Waals surface area contributed by atoms with E-state index in [1.807, 2.05) is 43.3 Å². The van der Waals surface area contributed by atoms with Crippen molar-refractivity contribution in [1.82, 2.24) is 5.32 Å². The quantitative estimate of drug-likeness (QED) is 0.699. The summed E-state index contributed by atoms with van der Waals surface area (Å²) in [5.41, 5.74) is 2.13. The zero-order chi connectivity index (χ0) is 15.2. The van der Waals surface area contributed by atoms with E-state index in [2.05, 4.69) is 12.2 Å². The molecule has 4 heteroatoms. The molecule has 0 radical (unpaired) electrons. The standard InChI is InChI=1S/C17H19Cl2NO/c1-3-8-20-11-13-10-14(18)5-7-16(13)21-17-9-12(2)4-6-15(17)19/h4-7,9-10,20H,3,8,11H2,1-2H3. The molecule has 0 atom stereocenters. The van der Waals surface area contributed by atoms with Gasteiger partial charge in [-0.1, -0.05) is 36.2 Å². The average Bonchev–Trinajstić information content (AvgIpc) is 2.46. The summed E-state index contributed by atoms with van der Waals surface area (Å²) in [6, 6.07) is 11.4. The highest BCUT2D eigenvalue weighted by atomic mass is 35.5. The monoisotopic (exact) mass is 323 g/mol. The van der Waals surface area contributed by atoms with Gasteiger partial charge in [-0.15, -0.1) is 0 Å². The molecule has 0 saturated carbocycles. The first-order valence-electron chi connectivity index (χ1n) is 7.03. The molecule has 2 rings (SSSR count). The Hall–Kier alpha value is -1.22. The molecule has 0 unspecified atom stereocenters. The minimum absolute atomic E-state index is 0.600. The van der Waals surface area contributed by atoms with Crippen LogP contribution in [-0.4, -0.2) is 6.54 Å². The molecular weight excluding hydrogens is 305 g/mol. The lowest BCUT2D eigenvalue weighted by molar-refractivity contribution is 0.472. The molecule has 0 bridgehead atoms. The van der Waals surface area contributed by atoms with Crippen LogP contribution in [0.5, 0.6) is 11.5 Å². The number of nitrogens with one attached hydrogen (secondary N) is 1. The third-order valence-electron chi connectivity index (χ3n) is 3.07. The summed E-state index contributed by atoms with van der Waals surface area (Å²) < 4.78 is 5.98. The summed E-state index contributed by atoms with van der Waals surface area (Å²) in [5, 5.41) is 4.66. The van der Waals surface area contributed by atoms with E-state index in [0.717, 1.165) is 29.8 Å². The molecule has 112 valence electrons. The third kappa shape index (κ3) is 4.63. The molecule has 0 saturated heterocycles. The van der Waals surface area contributed by atoms with Gasteiger partial charge in [0.05, 0.1) is 5.02 Å². The van der Waals surface area contributed by atoms with Crippen LogP contribution in [0.2, 0.25) is 10.0 Å². The maximum atomic E-state index is 6.19. The van der Waals surface area contributed by atoms with Crippen LogP contribution in [0.3, 0.4) is 0 Å². The predicted molar refractivity (Wildman–Crippen MR) is 89.7 cm³/mol. The van der Waals surface area contributed by atoms with E-state index in [-0.39, 0.29) is 0 Å². The highest BCUT2D eigenvalue weighted by molar-refractivity contribution is 6.32. The van der Waals surface area contributed by atoms with Crippen LogP contribution >= 0.6 is 23.2 Å². The number of halogens is 2. The first-order chi connectivity index (χ1) is 10.1. The number of rotatable bonds is 6. The number of aryl methyl sites for hydroxylation is 1. The smallest absolute Gasteiger partial charge is 0.146 e. The fourth-order valence-electron chi connectivity index (χ4n) is 1.99. The van der Waals surface area contributed by atoms with Gasteiger partial charge in [0.15, 0.2) is 0 Å². The molecule has 0 heterocycles. The van der Waals surface area contributed by atoms with Gasteiger partial charge in [0.25, 0.3) is 0 Å². The van der Waals surface area contributed by atoms with Crippen molar-refractivity contribution in [2.75, 3.05) is 6.54 Å². The molecule has 2 nitrogen and oxygen atoms in total. The Morgan fingerprint density at radius 2 is 1.86 bits per heavy atom. The van der Waals surface area contributed by atoms with Crippen LogP contribution in [0.25, 0.3) is 0 Å². The Balaban J connectivity index is 2.24. The lowest BCUT2D eigenvalue weighted by Crippen LogP contribution is -2.14. The van der Waals surface area contributed by atoms with Crippen molar-refractivity contribution in [2.24, 2.45) is 0 Å². The molecule has 0 fully saturated rings. The summed E-state index contributed by atoms with van der Waals surface area (Å²) in [7, 11) is 0. The van der Waals surface area contributed by atoms with Gasteiger partial charge in [-0.25, -0.2) is 0 Å². The van der Waals surface area contributed by atoms with Crippen molar-refractivity contribution in [1.29, 1.82) is 0 Å². The number of hydrogen-bond donors (Lipinski definition) is 1. The largest absolute Gasteiger partial charge is 0.455 e. The van der Waals surface area contributed by atoms with Crippen molar-refractivity contribution in [3.63, 3.8) is 0 Å². The summed E-state index contributed by atoms with van der Waals surface area (Å²) in [5.74, 6) is 1.44. The van der Waals surface area contributed by atoms with Gasteiger partial charge in [-0.3, -0.25) is 0 Å². The van der Waals surface area contributed by atoms with E-state index < -0.39 is 0 Å². The first-order valence-corrected chi connectivity index (χ1v) is 7.79. The Morgan fingerprint density at radius 3 is 2.62 bits per heavy atom. The number of hydrogen-bond acceptors (Lipinski definition) is 2. The maximum absolute atomic E-state index is 6.19. The van der Waals surface area contributed by atoms with Gasteiger partial charge in [-0.2, -0.15) is 0 Å². The van der Waals surface area contributed by atoms with Gasteiger partial charge in [-0.05, 0) is 55.8 Å². The second kappa shape index (κ2) is 7.69. The molecule has 0 aromatic heterocycles. The van der Waals surface area contributed by atoms with Gasteiger partial charge < -0.3 is 10.1 Å². The summed E-state index contributed by atoms with van der Waals surface area (Å²) in [6.07, 6.45) is 1.08. The van der Waals surface area contributed by atoms with Crippen molar-refractivity contribution in [3.05, 3.63) is 57.6 Å². The highest BCUT2D eigenvalue weighted by Gasteiger charge is 2.09. The van der Waals surface area contributed by atoms with Gasteiger partial charge in [0.1, 0.15) is 11.5 Å². The van der Waals surface area contributed by atoms with Gasteiger partial charge >= 0.3 is 0 Å². The van der Waals surface area contributed by atoms with Gasteiger partial charge in [0.2, 0.25) is 0 Å². The van der Waals surface area contributed by atoms with Crippen LogP contribution in [0, 0.1) is 6.92 Å². The lowest BCUT2D eigenvalue weighted by atomic mass is 10.2. The Labute approximate surface area is 136 Å². The summed E-state index contributed by atoms with van der Waals surface area (Å²) in [4.78, 5) is 0. The Bertz CT molecular complexity index is 614. The molecule has 2 aromatic rings. The summed E-state index contributed by atoms with van der Waals surface area (Å²) in [6.45, 7) is 5.81. The zero-order valence-corrected chi connectivity index (χ0v) is 13.8. The van der Waals surface area contributed by atoms with Crippen LogP contribution < -0.4 is 10.1 Å². The maximum Gasteiger partial charge on any atom is 0.146 e. The van der Waals surface area contributed by atoms with Crippen molar-refractivity contribution >= 4 is 23.2 Å². The molecule has 0 aliphatic heterocycles. The highest BCUT2D eigenvalue weighted by Crippen LogP contribution is 2.33. The molecule has 1 N–H and O–H groups in total. The molecule has 21 heavy (non-hydrogen) atoms. The minimum atomic E-state index is 0.600. The molecular formula is C17H19Cl2NO. The van der Waals surface area contributed by atoms with Crippen molar-refractivity contribution < 1.29 is 4.74 Å². The van der Waals surface area contributed by atoms with Crippen LogP contribution in [0.1, 0.15) is 24.5 Å². The second-order valence-corrected chi connectivity index (χ2v) is 5.81. The van der Waals surface area contributed by atoms with Gasteiger partial charge in [0, 0.05) is 17.1 Å². The van der Waals surface area contributed by atoms with E-state index in [1.165, 1.54) is 0 Å². The number of ether oxygens (including phenoxy) is 1. The molecule has 2 aromatic carbocycles. The molecule has 0 aliphatic carbocycles. The topological polar surface area (TPSA) is 21.3 Å². The fourth-order valence-corrected chi connectivity index (χ4v) is 2.34. The zero-order valence-electron chi connectivity index (χ0n) is 12.2. The molecule has 0 spiro atoms. The predicted octanol–water partition coefficient (Wildman–Crippen LogP) is 5.59. The van der Waals surface area contributed by atoms with E-state index in [4.69, 9.17) is 27.9 Å². The van der Waals surface area contributed by atoms with Crippen LogP contribution in [0.15, 0.2) is 36.4 Å². The Kier molecular flexibility index (Phi) is 5.92. The average molecular weight is 324 g/mol. The first kappa shape index (κ1) is 16.2. The lowest BCUT2D eigenvalue weighted by Gasteiger charge is -2.13. The third-order valence-corrected chi connectivity index (χ3v) is 3.62. The van der Waals surface area contributed by atoms with E-state index in [9.17, 15) is 0 Å². The van der Waals surface area contributed by atoms with E-state index in [0.29, 0.717) is 22.3 Å².